The van der Waals surface area contributed by atoms with Crippen molar-refractivity contribution in [3.8, 4) is 6.07 Å². The highest BCUT2D eigenvalue weighted by Gasteiger charge is 2.49. The number of aromatic nitrogens is 4. The summed E-state index contributed by atoms with van der Waals surface area (Å²) in [5.74, 6) is 1.85. The molecule has 0 radical (unpaired) electrons. The molecule has 2 unspecified atom stereocenters. The van der Waals surface area contributed by atoms with Crippen LogP contribution in [0.2, 0.25) is 0 Å². The van der Waals surface area contributed by atoms with E-state index in [0.29, 0.717) is 37.6 Å². The van der Waals surface area contributed by atoms with Gasteiger partial charge in [0.1, 0.15) is 11.6 Å². The number of anilines is 3. The molecular formula is C24H29N9O2S. The standard InChI is InChI=1S/C24H29N9O2S/c1-15-8-23(31-30-15)28-22-11-21-20(6-3-7-26-21)24(29-22)27-17-9-18-4-2-5-19(10-17)33(18)36(34,35)32-13-16(12-25)14-32/h3,6-8,11,16-19H,2,4-5,9-10,13-14H2,1H3,(H3,27,28,29,30,31). The number of rotatable bonds is 6. The molecule has 2 bridgehead atoms. The highest BCUT2D eigenvalue weighted by molar-refractivity contribution is 7.86. The Kier molecular flexibility index (Phi) is 5.78. The molecule has 0 saturated carbocycles. The summed E-state index contributed by atoms with van der Waals surface area (Å²) >= 11 is 0. The van der Waals surface area contributed by atoms with Crippen LogP contribution in [0.1, 0.15) is 37.8 Å². The number of piperidine rings is 2. The van der Waals surface area contributed by atoms with Gasteiger partial charge in [0, 0.05) is 60.6 Å². The van der Waals surface area contributed by atoms with Crippen LogP contribution in [-0.2, 0) is 10.2 Å². The molecule has 3 aliphatic heterocycles. The maximum absolute atomic E-state index is 13.4. The van der Waals surface area contributed by atoms with Crippen LogP contribution in [0, 0.1) is 24.2 Å². The summed E-state index contributed by atoms with van der Waals surface area (Å²) in [6.07, 6.45) is 5.91. The van der Waals surface area contributed by atoms with Gasteiger partial charge in [0.05, 0.1) is 17.5 Å². The number of hydrogen-bond acceptors (Lipinski definition) is 8. The number of nitriles is 1. The fourth-order valence-electron chi connectivity index (χ4n) is 5.73. The average molecular weight is 508 g/mol. The number of aryl methyl sites for hydroxylation is 1. The maximum atomic E-state index is 13.4. The van der Waals surface area contributed by atoms with Gasteiger partial charge < -0.3 is 10.6 Å². The van der Waals surface area contributed by atoms with Gasteiger partial charge in [-0.1, -0.05) is 6.42 Å². The number of pyridine rings is 2. The highest BCUT2D eigenvalue weighted by atomic mass is 32.2. The van der Waals surface area contributed by atoms with Crippen LogP contribution in [-0.4, -0.2) is 68.4 Å². The average Bonchev–Trinajstić information content (AvgIpc) is 3.22. The second-order valence-corrected chi connectivity index (χ2v) is 11.9. The monoisotopic (exact) mass is 507 g/mol. The second kappa shape index (κ2) is 8.99. The zero-order valence-corrected chi connectivity index (χ0v) is 20.9. The fraction of sp³-hybridized carbons (Fsp3) is 0.500. The Morgan fingerprint density at radius 3 is 2.64 bits per heavy atom. The summed E-state index contributed by atoms with van der Waals surface area (Å²) in [6, 6.07) is 9.84. The molecule has 6 rings (SSSR count). The van der Waals surface area contributed by atoms with Crippen molar-refractivity contribution < 1.29 is 8.42 Å². The molecule has 0 aromatic carbocycles. The molecule has 6 heterocycles. The molecule has 12 heteroatoms. The molecule has 0 amide bonds. The van der Waals surface area contributed by atoms with Crippen molar-refractivity contribution >= 4 is 38.6 Å². The molecule has 3 fully saturated rings. The second-order valence-electron chi connectivity index (χ2n) is 10.0. The minimum atomic E-state index is -3.56. The molecule has 3 N–H and O–H groups in total. The summed E-state index contributed by atoms with van der Waals surface area (Å²) in [7, 11) is -3.56. The van der Waals surface area contributed by atoms with Gasteiger partial charge in [-0.15, -0.1) is 0 Å². The zero-order chi connectivity index (χ0) is 24.9. The van der Waals surface area contributed by atoms with Crippen LogP contribution in [0.5, 0.6) is 0 Å². The first-order valence-electron chi connectivity index (χ1n) is 12.4. The normalized spacial score (nSPS) is 25.3. The molecule has 11 nitrogen and oxygen atoms in total. The van der Waals surface area contributed by atoms with Crippen molar-refractivity contribution in [2.24, 2.45) is 5.92 Å². The first kappa shape index (κ1) is 23.1. The van der Waals surface area contributed by atoms with Gasteiger partial charge in [-0.3, -0.25) is 10.1 Å². The van der Waals surface area contributed by atoms with Gasteiger partial charge in [0.2, 0.25) is 0 Å². The SMILES string of the molecule is Cc1cc(Nc2cc3ncccc3c(NC3CC4CCCC(C3)N4S(=O)(=O)N3CC(C#N)C3)n2)n[nH]1. The van der Waals surface area contributed by atoms with E-state index in [1.54, 1.807) is 10.5 Å². The lowest BCUT2D eigenvalue weighted by Gasteiger charge is -2.50. The van der Waals surface area contributed by atoms with Crippen LogP contribution in [0.25, 0.3) is 10.9 Å². The number of nitrogens with zero attached hydrogens (tertiary/aromatic N) is 6. The van der Waals surface area contributed by atoms with E-state index in [-0.39, 0.29) is 24.0 Å². The van der Waals surface area contributed by atoms with E-state index in [1.165, 1.54) is 4.31 Å². The van der Waals surface area contributed by atoms with Crippen molar-refractivity contribution in [1.29, 1.82) is 5.26 Å². The van der Waals surface area contributed by atoms with Crippen molar-refractivity contribution in [1.82, 2.24) is 28.8 Å². The summed E-state index contributed by atoms with van der Waals surface area (Å²) in [4.78, 5) is 9.37. The molecule has 0 spiro atoms. The molecule has 188 valence electrons. The lowest BCUT2D eigenvalue weighted by Crippen LogP contribution is -2.63. The first-order chi connectivity index (χ1) is 17.4. The quantitative estimate of drug-likeness (QED) is 0.462. The van der Waals surface area contributed by atoms with Gasteiger partial charge in [-0.05, 0) is 44.7 Å². The summed E-state index contributed by atoms with van der Waals surface area (Å²) in [5.41, 5.74) is 1.76. The van der Waals surface area contributed by atoms with E-state index in [0.717, 1.165) is 41.7 Å². The minimum Gasteiger partial charge on any atom is -0.367 e. The largest absolute Gasteiger partial charge is 0.367 e. The molecule has 2 atom stereocenters. The Morgan fingerprint density at radius 2 is 1.94 bits per heavy atom. The van der Waals surface area contributed by atoms with Crippen molar-refractivity contribution in [3.05, 3.63) is 36.2 Å². The van der Waals surface area contributed by atoms with Gasteiger partial charge in [-0.25, -0.2) is 4.98 Å². The van der Waals surface area contributed by atoms with Gasteiger partial charge in [0.25, 0.3) is 10.2 Å². The Hall–Kier alpha value is -3.27. The van der Waals surface area contributed by atoms with Gasteiger partial charge in [0.15, 0.2) is 5.82 Å². The number of hydrogen-bond donors (Lipinski definition) is 3. The van der Waals surface area contributed by atoms with Crippen LogP contribution in [0.15, 0.2) is 30.5 Å². The van der Waals surface area contributed by atoms with E-state index < -0.39 is 10.2 Å². The summed E-state index contributed by atoms with van der Waals surface area (Å²) in [6.45, 7) is 2.54. The predicted molar refractivity (Wildman–Crippen MR) is 136 cm³/mol. The van der Waals surface area contributed by atoms with E-state index >= 15 is 0 Å². The molecule has 3 aromatic rings. The van der Waals surface area contributed by atoms with Crippen LogP contribution in [0.3, 0.4) is 0 Å². The predicted octanol–water partition coefficient (Wildman–Crippen LogP) is 2.90. The first-order valence-corrected chi connectivity index (χ1v) is 13.8. The molecule has 3 saturated heterocycles. The molecular weight excluding hydrogens is 478 g/mol. The fourth-order valence-corrected chi connectivity index (χ4v) is 7.87. The molecule has 0 aliphatic carbocycles. The number of fused-ring (bicyclic) bond motifs is 3. The topological polar surface area (TPSA) is 143 Å². The minimum absolute atomic E-state index is 0.0566. The van der Waals surface area contributed by atoms with E-state index in [4.69, 9.17) is 10.2 Å². The van der Waals surface area contributed by atoms with Crippen molar-refractivity contribution in [2.75, 3.05) is 23.7 Å². The van der Waals surface area contributed by atoms with Crippen LogP contribution >= 0.6 is 0 Å². The van der Waals surface area contributed by atoms with E-state index in [1.807, 2.05) is 31.2 Å². The van der Waals surface area contributed by atoms with Crippen molar-refractivity contribution in [3.63, 3.8) is 0 Å². The Morgan fingerprint density at radius 1 is 1.17 bits per heavy atom. The highest BCUT2D eigenvalue weighted by Crippen LogP contribution is 2.39. The summed E-state index contributed by atoms with van der Waals surface area (Å²) < 4.78 is 30.0. The van der Waals surface area contributed by atoms with Gasteiger partial charge in [-0.2, -0.15) is 27.4 Å². The Labute approximate surface area is 210 Å². The third-order valence-electron chi connectivity index (χ3n) is 7.43. The molecule has 3 aliphatic rings. The Bertz CT molecular complexity index is 1410. The van der Waals surface area contributed by atoms with Crippen LogP contribution < -0.4 is 10.6 Å². The third-order valence-corrected chi connectivity index (χ3v) is 9.51. The van der Waals surface area contributed by atoms with Crippen molar-refractivity contribution in [2.45, 2.75) is 57.2 Å². The summed E-state index contributed by atoms with van der Waals surface area (Å²) in [5, 5.41) is 24.0. The van der Waals surface area contributed by atoms with Gasteiger partial charge >= 0.3 is 0 Å². The Balaban J connectivity index is 1.24. The number of nitrogens with one attached hydrogen (secondary N) is 3. The number of aromatic amines is 1. The third kappa shape index (κ3) is 4.17. The molecule has 36 heavy (non-hydrogen) atoms. The van der Waals surface area contributed by atoms with E-state index in [9.17, 15) is 8.42 Å². The number of H-pyrrole nitrogens is 1. The zero-order valence-electron chi connectivity index (χ0n) is 20.1. The van der Waals surface area contributed by atoms with E-state index in [2.05, 4.69) is 31.9 Å². The maximum Gasteiger partial charge on any atom is 0.282 e. The molecule has 3 aromatic heterocycles. The van der Waals surface area contributed by atoms with Crippen LogP contribution in [0.4, 0.5) is 17.5 Å². The lowest BCUT2D eigenvalue weighted by molar-refractivity contribution is 0.0984. The lowest BCUT2D eigenvalue weighted by atomic mass is 9.84. The smallest absolute Gasteiger partial charge is 0.282 e.